The van der Waals surface area contributed by atoms with Gasteiger partial charge in [0.15, 0.2) is 0 Å². The molecule has 22 heavy (non-hydrogen) atoms. The van der Waals surface area contributed by atoms with Gasteiger partial charge in [0, 0.05) is 22.0 Å². The second-order valence-corrected chi connectivity index (χ2v) is 6.30. The number of rotatable bonds is 4. The average Bonchev–Trinajstić information content (AvgIpc) is 2.52. The lowest BCUT2D eigenvalue weighted by atomic mass is 9.93. The Kier molecular flexibility index (Phi) is 4.25. The van der Waals surface area contributed by atoms with Crippen molar-refractivity contribution in [2.75, 3.05) is 10.6 Å². The van der Waals surface area contributed by atoms with Crippen LogP contribution in [0.2, 0.25) is 0 Å². The first-order chi connectivity index (χ1) is 10.6. The molecule has 0 radical (unpaired) electrons. The molecule has 0 spiro atoms. The van der Waals surface area contributed by atoms with Gasteiger partial charge in [0.25, 0.3) is 0 Å². The maximum absolute atomic E-state index is 4.30. The lowest BCUT2D eigenvalue weighted by molar-refractivity contribution is 0.641. The Morgan fingerprint density at radius 2 is 1.45 bits per heavy atom. The molecule has 112 valence electrons. The van der Waals surface area contributed by atoms with E-state index in [1.54, 1.807) is 0 Å². The lowest BCUT2D eigenvalue weighted by Gasteiger charge is -2.29. The quantitative estimate of drug-likeness (QED) is 0.658. The summed E-state index contributed by atoms with van der Waals surface area (Å²) in [6.45, 7) is 2.21. The van der Waals surface area contributed by atoms with E-state index in [0.29, 0.717) is 0 Å². The van der Waals surface area contributed by atoms with E-state index in [2.05, 4.69) is 78.8 Å². The number of hydrogen-bond donors (Lipinski definition) is 3. The van der Waals surface area contributed by atoms with Gasteiger partial charge in [-0.05, 0) is 61.9 Å². The molecule has 1 unspecified atom stereocenters. The van der Waals surface area contributed by atoms with Crippen molar-refractivity contribution >= 4 is 29.7 Å². The van der Waals surface area contributed by atoms with Crippen molar-refractivity contribution < 1.29 is 0 Å². The van der Waals surface area contributed by atoms with Crippen LogP contribution in [0.25, 0.3) is 0 Å². The van der Waals surface area contributed by atoms with Gasteiger partial charge in [0.2, 0.25) is 0 Å². The summed E-state index contributed by atoms with van der Waals surface area (Å²) in [6.07, 6.45) is 9.58. The van der Waals surface area contributed by atoms with E-state index in [0.717, 1.165) is 28.4 Å². The third kappa shape index (κ3) is 3.74. The zero-order chi connectivity index (χ0) is 15.4. The Balaban J connectivity index is 1.66. The molecule has 0 heterocycles. The topological polar surface area (TPSA) is 24.1 Å². The van der Waals surface area contributed by atoms with Gasteiger partial charge < -0.3 is 10.6 Å². The second kappa shape index (κ2) is 6.32. The molecule has 1 atom stereocenters. The second-order valence-electron chi connectivity index (χ2n) is 5.78. The summed E-state index contributed by atoms with van der Waals surface area (Å²) in [5.74, 6) is 0. The summed E-state index contributed by atoms with van der Waals surface area (Å²) in [7, 11) is 0. The molecule has 0 bridgehead atoms. The Hall–Kier alpha value is -2.13. The predicted molar refractivity (Wildman–Crippen MR) is 98.3 cm³/mol. The molecule has 0 amide bonds. The fourth-order valence-corrected chi connectivity index (χ4v) is 2.65. The van der Waals surface area contributed by atoms with Gasteiger partial charge in [-0.3, -0.25) is 0 Å². The van der Waals surface area contributed by atoms with Crippen LogP contribution in [0, 0.1) is 0 Å². The molecule has 0 aliphatic heterocycles. The van der Waals surface area contributed by atoms with Crippen molar-refractivity contribution in [1.82, 2.24) is 0 Å². The number of nitrogens with one attached hydrogen (secondary N) is 2. The minimum atomic E-state index is -0.00784. The van der Waals surface area contributed by atoms with E-state index < -0.39 is 0 Å². The zero-order valence-corrected chi connectivity index (χ0v) is 13.5. The first kappa shape index (κ1) is 14.8. The van der Waals surface area contributed by atoms with Gasteiger partial charge in [0.1, 0.15) is 0 Å². The van der Waals surface area contributed by atoms with Crippen LogP contribution in [-0.2, 0) is 0 Å². The van der Waals surface area contributed by atoms with Gasteiger partial charge in [-0.15, -0.1) is 12.6 Å². The maximum atomic E-state index is 4.30. The molecule has 2 aromatic rings. The molecule has 2 N–H and O–H groups in total. The van der Waals surface area contributed by atoms with E-state index in [1.807, 2.05) is 24.3 Å². The molecule has 2 aromatic carbocycles. The maximum Gasteiger partial charge on any atom is 0.0565 e. The van der Waals surface area contributed by atoms with Crippen LogP contribution in [0.1, 0.15) is 13.3 Å². The summed E-state index contributed by atoms with van der Waals surface area (Å²) in [5.41, 5.74) is 3.25. The standard InChI is InChI=1S/C19H20N2S/c1-19(13-3-2-4-14-19)21-17-7-5-15(6-8-17)20-16-9-11-18(22)12-10-16/h2-13,20-22H,14H2,1H3. The van der Waals surface area contributed by atoms with Gasteiger partial charge in [-0.1, -0.05) is 24.3 Å². The third-order valence-corrected chi connectivity index (χ3v) is 4.02. The van der Waals surface area contributed by atoms with Crippen LogP contribution in [-0.4, -0.2) is 5.54 Å². The van der Waals surface area contributed by atoms with Crippen molar-refractivity contribution in [2.24, 2.45) is 0 Å². The van der Waals surface area contributed by atoms with E-state index in [-0.39, 0.29) is 5.54 Å². The largest absolute Gasteiger partial charge is 0.376 e. The molecule has 1 aliphatic carbocycles. The normalized spacial score (nSPS) is 19.9. The number of allylic oxidation sites excluding steroid dienone is 2. The van der Waals surface area contributed by atoms with Gasteiger partial charge in [-0.25, -0.2) is 0 Å². The Bertz CT molecular complexity index is 686. The number of thiol groups is 1. The number of benzene rings is 2. The number of anilines is 3. The van der Waals surface area contributed by atoms with Gasteiger partial charge in [0.05, 0.1) is 5.54 Å². The molecule has 3 heteroatoms. The van der Waals surface area contributed by atoms with Crippen molar-refractivity contribution in [3.05, 3.63) is 72.8 Å². The first-order valence-corrected chi connectivity index (χ1v) is 7.86. The summed E-state index contributed by atoms with van der Waals surface area (Å²) in [4.78, 5) is 0.966. The monoisotopic (exact) mass is 308 g/mol. The molecule has 0 fully saturated rings. The minimum Gasteiger partial charge on any atom is -0.376 e. The van der Waals surface area contributed by atoms with Crippen molar-refractivity contribution in [2.45, 2.75) is 23.8 Å². The molecule has 0 saturated carbocycles. The summed E-state index contributed by atoms with van der Waals surface area (Å²) in [6, 6.07) is 16.4. The smallest absolute Gasteiger partial charge is 0.0565 e. The molecule has 0 aromatic heterocycles. The highest BCUT2D eigenvalue weighted by molar-refractivity contribution is 7.80. The van der Waals surface area contributed by atoms with Crippen LogP contribution in [0.3, 0.4) is 0 Å². The van der Waals surface area contributed by atoms with Crippen molar-refractivity contribution in [1.29, 1.82) is 0 Å². The van der Waals surface area contributed by atoms with E-state index in [1.165, 1.54) is 0 Å². The summed E-state index contributed by atoms with van der Waals surface area (Å²) < 4.78 is 0. The first-order valence-electron chi connectivity index (χ1n) is 7.42. The highest BCUT2D eigenvalue weighted by Crippen LogP contribution is 2.25. The van der Waals surface area contributed by atoms with Crippen LogP contribution in [0.4, 0.5) is 17.1 Å². The SMILES string of the molecule is CC1(Nc2ccc(Nc3ccc(S)cc3)cc2)C=CC=CC1. The highest BCUT2D eigenvalue weighted by atomic mass is 32.1. The van der Waals surface area contributed by atoms with Crippen LogP contribution in [0.5, 0.6) is 0 Å². The third-order valence-electron chi connectivity index (χ3n) is 3.72. The number of hydrogen-bond acceptors (Lipinski definition) is 3. The van der Waals surface area contributed by atoms with Crippen molar-refractivity contribution in [3.8, 4) is 0 Å². The van der Waals surface area contributed by atoms with Crippen molar-refractivity contribution in [3.63, 3.8) is 0 Å². The molecule has 3 rings (SSSR count). The van der Waals surface area contributed by atoms with Crippen LogP contribution < -0.4 is 10.6 Å². The molecule has 2 nitrogen and oxygen atoms in total. The molecular formula is C19H20N2S. The Morgan fingerprint density at radius 3 is 2.05 bits per heavy atom. The fourth-order valence-electron chi connectivity index (χ4n) is 2.50. The Labute approximate surface area is 137 Å². The van der Waals surface area contributed by atoms with Crippen LogP contribution in [0.15, 0.2) is 77.7 Å². The lowest BCUT2D eigenvalue weighted by Crippen LogP contribution is -2.32. The van der Waals surface area contributed by atoms with Gasteiger partial charge in [-0.2, -0.15) is 0 Å². The van der Waals surface area contributed by atoms with E-state index >= 15 is 0 Å². The zero-order valence-electron chi connectivity index (χ0n) is 12.6. The predicted octanol–water partition coefficient (Wildman–Crippen LogP) is 5.41. The Morgan fingerprint density at radius 1 is 0.864 bits per heavy atom. The summed E-state index contributed by atoms with van der Waals surface area (Å²) in [5, 5.41) is 6.96. The minimum absolute atomic E-state index is 0.00784. The summed E-state index contributed by atoms with van der Waals surface area (Å²) >= 11 is 4.30. The average molecular weight is 308 g/mol. The molecule has 0 saturated heterocycles. The van der Waals surface area contributed by atoms with Crippen LogP contribution >= 0.6 is 12.6 Å². The molecule has 1 aliphatic rings. The highest BCUT2D eigenvalue weighted by Gasteiger charge is 2.19. The fraction of sp³-hybridized carbons (Fsp3) is 0.158. The van der Waals surface area contributed by atoms with E-state index in [9.17, 15) is 0 Å². The van der Waals surface area contributed by atoms with Gasteiger partial charge >= 0.3 is 0 Å². The van der Waals surface area contributed by atoms with E-state index in [4.69, 9.17) is 0 Å². The molecular weight excluding hydrogens is 288 g/mol.